The van der Waals surface area contributed by atoms with E-state index >= 15 is 0 Å². The zero-order valence-electron chi connectivity index (χ0n) is 10.6. The van der Waals surface area contributed by atoms with Crippen molar-refractivity contribution in [3.05, 3.63) is 36.7 Å². The molecule has 7 heteroatoms. The van der Waals surface area contributed by atoms with Crippen molar-refractivity contribution >= 4 is 5.69 Å². The highest BCUT2D eigenvalue weighted by atomic mass is 19.4. The van der Waals surface area contributed by atoms with Gasteiger partial charge in [0.25, 0.3) is 0 Å². The molecule has 2 aromatic rings. The van der Waals surface area contributed by atoms with Gasteiger partial charge in [0, 0.05) is 17.4 Å². The summed E-state index contributed by atoms with van der Waals surface area (Å²) in [5.74, 6) is 0. The van der Waals surface area contributed by atoms with Gasteiger partial charge in [0.15, 0.2) is 0 Å². The molecular formula is C13H14F3N3O. The summed E-state index contributed by atoms with van der Waals surface area (Å²) in [6.45, 7) is -1.02. The van der Waals surface area contributed by atoms with E-state index in [0.29, 0.717) is 5.69 Å². The second-order valence-electron chi connectivity index (χ2n) is 4.29. The van der Waals surface area contributed by atoms with Crippen LogP contribution in [-0.2, 0) is 11.3 Å². The minimum atomic E-state index is -4.29. The average Bonchev–Trinajstić information content (AvgIpc) is 2.82. The lowest BCUT2D eigenvalue weighted by molar-refractivity contribution is -0.174. The van der Waals surface area contributed by atoms with Crippen LogP contribution in [0.4, 0.5) is 18.9 Å². The van der Waals surface area contributed by atoms with Gasteiger partial charge in [-0.25, -0.2) is 0 Å². The topological polar surface area (TPSA) is 53.1 Å². The van der Waals surface area contributed by atoms with E-state index in [9.17, 15) is 13.2 Å². The minimum Gasteiger partial charge on any atom is -0.399 e. The fraction of sp³-hybridized carbons (Fsp3) is 0.308. The molecule has 0 saturated carbocycles. The van der Waals surface area contributed by atoms with Gasteiger partial charge in [-0.2, -0.15) is 18.3 Å². The quantitative estimate of drug-likeness (QED) is 0.679. The fourth-order valence-corrected chi connectivity index (χ4v) is 1.70. The standard InChI is InChI=1S/C13H14F3N3O/c14-13(15,16)9-20-5-4-19-8-11(7-18-19)10-2-1-3-12(17)6-10/h1-3,6-8H,4-5,9,17H2. The number of ether oxygens (including phenoxy) is 1. The number of nitrogens with two attached hydrogens (primary N) is 1. The Morgan fingerprint density at radius 2 is 2.05 bits per heavy atom. The van der Waals surface area contributed by atoms with Crippen molar-refractivity contribution in [2.75, 3.05) is 18.9 Å². The van der Waals surface area contributed by atoms with Crippen LogP contribution in [0.25, 0.3) is 11.1 Å². The van der Waals surface area contributed by atoms with Gasteiger partial charge < -0.3 is 10.5 Å². The molecule has 108 valence electrons. The maximum atomic E-state index is 11.9. The predicted molar refractivity (Wildman–Crippen MR) is 68.9 cm³/mol. The van der Waals surface area contributed by atoms with Crippen LogP contribution in [0.15, 0.2) is 36.7 Å². The molecule has 0 amide bonds. The summed E-state index contributed by atoms with van der Waals surface area (Å²) in [5.41, 5.74) is 8.09. The van der Waals surface area contributed by atoms with E-state index in [0.717, 1.165) is 11.1 Å². The molecule has 4 nitrogen and oxygen atoms in total. The summed E-state index contributed by atoms with van der Waals surface area (Å²) in [4.78, 5) is 0. The first-order valence-corrected chi connectivity index (χ1v) is 5.97. The first kappa shape index (κ1) is 14.4. The Labute approximate surface area is 114 Å². The molecule has 0 aliphatic rings. The van der Waals surface area contributed by atoms with E-state index in [1.165, 1.54) is 4.68 Å². The van der Waals surface area contributed by atoms with E-state index in [1.54, 1.807) is 18.5 Å². The zero-order chi connectivity index (χ0) is 14.6. The minimum absolute atomic E-state index is 0.0441. The lowest BCUT2D eigenvalue weighted by Crippen LogP contribution is -2.19. The molecule has 0 spiro atoms. The number of halogens is 3. The Hall–Kier alpha value is -2.02. The van der Waals surface area contributed by atoms with Crippen LogP contribution >= 0.6 is 0 Å². The number of nitrogens with zero attached hydrogens (tertiary/aromatic N) is 2. The maximum Gasteiger partial charge on any atom is 0.411 e. The number of hydrogen-bond donors (Lipinski definition) is 1. The second kappa shape index (κ2) is 5.96. The van der Waals surface area contributed by atoms with Crippen LogP contribution < -0.4 is 5.73 Å². The average molecular weight is 285 g/mol. The van der Waals surface area contributed by atoms with Gasteiger partial charge in [-0.15, -0.1) is 0 Å². The molecule has 1 aromatic carbocycles. The molecule has 1 aromatic heterocycles. The largest absolute Gasteiger partial charge is 0.411 e. The first-order valence-electron chi connectivity index (χ1n) is 5.97. The Bertz CT molecular complexity index is 566. The van der Waals surface area contributed by atoms with Crippen molar-refractivity contribution in [1.82, 2.24) is 9.78 Å². The summed E-state index contributed by atoms with van der Waals surface area (Å²) < 4.78 is 41.7. The highest BCUT2D eigenvalue weighted by Crippen LogP contribution is 2.20. The van der Waals surface area contributed by atoms with Crippen LogP contribution in [0.5, 0.6) is 0 Å². The van der Waals surface area contributed by atoms with Gasteiger partial charge in [0.05, 0.1) is 19.3 Å². The van der Waals surface area contributed by atoms with Gasteiger partial charge >= 0.3 is 6.18 Å². The molecular weight excluding hydrogens is 271 g/mol. The SMILES string of the molecule is Nc1cccc(-c2cnn(CCOCC(F)(F)F)c2)c1. The summed E-state index contributed by atoms with van der Waals surface area (Å²) in [6.07, 6.45) is -0.916. The molecule has 1 heterocycles. The molecule has 0 fully saturated rings. The molecule has 0 saturated heterocycles. The van der Waals surface area contributed by atoms with Gasteiger partial charge in [-0.05, 0) is 17.7 Å². The van der Waals surface area contributed by atoms with Crippen LogP contribution in [0.3, 0.4) is 0 Å². The third kappa shape index (κ3) is 4.27. The fourth-order valence-electron chi connectivity index (χ4n) is 1.70. The Kier molecular flexibility index (Phi) is 4.29. The Morgan fingerprint density at radius 1 is 1.25 bits per heavy atom. The third-order valence-electron chi connectivity index (χ3n) is 2.58. The number of aromatic nitrogens is 2. The smallest absolute Gasteiger partial charge is 0.399 e. The summed E-state index contributed by atoms with van der Waals surface area (Å²) in [5, 5.41) is 4.07. The number of hydrogen-bond acceptors (Lipinski definition) is 3. The van der Waals surface area contributed by atoms with Crippen molar-refractivity contribution in [3.8, 4) is 11.1 Å². The van der Waals surface area contributed by atoms with Crippen LogP contribution in [0.2, 0.25) is 0 Å². The molecule has 2 rings (SSSR count). The zero-order valence-corrected chi connectivity index (χ0v) is 10.6. The van der Waals surface area contributed by atoms with Gasteiger partial charge in [-0.3, -0.25) is 4.68 Å². The molecule has 0 aliphatic heterocycles. The summed E-state index contributed by atoms with van der Waals surface area (Å²) in [6, 6.07) is 7.30. The molecule has 0 unspecified atom stereocenters. The second-order valence-corrected chi connectivity index (χ2v) is 4.29. The van der Waals surface area contributed by atoms with Crippen molar-refractivity contribution in [2.24, 2.45) is 0 Å². The van der Waals surface area contributed by atoms with E-state index in [-0.39, 0.29) is 13.2 Å². The molecule has 20 heavy (non-hydrogen) atoms. The van der Waals surface area contributed by atoms with Crippen molar-refractivity contribution in [3.63, 3.8) is 0 Å². The monoisotopic (exact) mass is 285 g/mol. The molecule has 0 radical (unpaired) electrons. The maximum absolute atomic E-state index is 11.9. The number of rotatable bonds is 5. The van der Waals surface area contributed by atoms with Gasteiger partial charge in [0.2, 0.25) is 0 Å². The van der Waals surface area contributed by atoms with Crippen LogP contribution in [0.1, 0.15) is 0 Å². The van der Waals surface area contributed by atoms with Crippen LogP contribution in [-0.4, -0.2) is 29.2 Å². The van der Waals surface area contributed by atoms with Crippen LogP contribution in [0, 0.1) is 0 Å². The highest BCUT2D eigenvalue weighted by Gasteiger charge is 2.27. The molecule has 2 N–H and O–H groups in total. The number of alkyl halides is 3. The highest BCUT2D eigenvalue weighted by molar-refractivity contribution is 5.65. The predicted octanol–water partition coefficient (Wildman–Crippen LogP) is 2.71. The Balaban J connectivity index is 1.90. The Morgan fingerprint density at radius 3 is 2.75 bits per heavy atom. The van der Waals surface area contributed by atoms with Crippen molar-refractivity contribution in [1.29, 1.82) is 0 Å². The number of benzene rings is 1. The number of anilines is 1. The molecule has 0 atom stereocenters. The van der Waals surface area contributed by atoms with Gasteiger partial charge in [0.1, 0.15) is 6.61 Å². The first-order chi connectivity index (χ1) is 9.44. The normalized spacial score (nSPS) is 11.8. The van der Waals surface area contributed by atoms with E-state index in [4.69, 9.17) is 5.73 Å². The van der Waals surface area contributed by atoms with Crippen molar-refractivity contribution < 1.29 is 17.9 Å². The van der Waals surface area contributed by atoms with E-state index < -0.39 is 12.8 Å². The van der Waals surface area contributed by atoms with Crippen molar-refractivity contribution in [2.45, 2.75) is 12.7 Å². The molecule has 0 aliphatic carbocycles. The lowest BCUT2D eigenvalue weighted by atomic mass is 10.1. The molecule has 0 bridgehead atoms. The van der Waals surface area contributed by atoms with E-state index in [1.807, 2.05) is 18.2 Å². The summed E-state index contributed by atoms with van der Waals surface area (Å²) >= 11 is 0. The number of nitrogen functional groups attached to an aromatic ring is 1. The third-order valence-corrected chi connectivity index (χ3v) is 2.58. The van der Waals surface area contributed by atoms with E-state index in [2.05, 4.69) is 9.84 Å². The van der Waals surface area contributed by atoms with Gasteiger partial charge in [-0.1, -0.05) is 12.1 Å². The summed E-state index contributed by atoms with van der Waals surface area (Å²) in [7, 11) is 0. The lowest BCUT2D eigenvalue weighted by Gasteiger charge is -2.07.